The summed E-state index contributed by atoms with van der Waals surface area (Å²) < 4.78 is 5.11. The van der Waals surface area contributed by atoms with Crippen LogP contribution in [0.25, 0.3) is 0 Å². The van der Waals surface area contributed by atoms with E-state index in [0.29, 0.717) is 39.4 Å². The molecule has 70 valence electrons. The van der Waals surface area contributed by atoms with Crippen molar-refractivity contribution in [2.45, 2.75) is 0 Å². The van der Waals surface area contributed by atoms with E-state index in [-0.39, 0.29) is 6.03 Å². The Morgan fingerprint density at radius 3 is 2.75 bits per heavy atom. The molecular formula is C7H15N3O2. The van der Waals surface area contributed by atoms with Gasteiger partial charge in [0.15, 0.2) is 0 Å². The van der Waals surface area contributed by atoms with Crippen molar-refractivity contribution >= 4 is 6.03 Å². The maximum absolute atomic E-state index is 11.3. The minimum absolute atomic E-state index is 0.0382. The molecule has 0 unspecified atom stereocenters. The van der Waals surface area contributed by atoms with E-state index in [9.17, 15) is 4.79 Å². The maximum Gasteiger partial charge on any atom is 0.317 e. The van der Waals surface area contributed by atoms with E-state index in [1.807, 2.05) is 0 Å². The summed E-state index contributed by atoms with van der Waals surface area (Å²) in [6.07, 6.45) is 0. The third kappa shape index (κ3) is 2.67. The van der Waals surface area contributed by atoms with E-state index in [0.717, 1.165) is 0 Å². The number of nitrogens with zero attached hydrogens (tertiary/aromatic N) is 1. The molecule has 0 saturated carbocycles. The molecule has 3 N–H and O–H groups in total. The second-order valence-corrected chi connectivity index (χ2v) is 2.62. The van der Waals surface area contributed by atoms with Gasteiger partial charge < -0.3 is 20.7 Å². The lowest BCUT2D eigenvalue weighted by molar-refractivity contribution is 0.0533. The quantitative estimate of drug-likeness (QED) is 0.562. The molecule has 2 amide bonds. The highest BCUT2D eigenvalue weighted by atomic mass is 16.5. The van der Waals surface area contributed by atoms with Crippen LogP contribution < -0.4 is 11.1 Å². The van der Waals surface area contributed by atoms with E-state index in [1.165, 1.54) is 0 Å². The number of carbonyl (C=O) groups excluding carboxylic acids is 1. The Hall–Kier alpha value is -0.810. The molecule has 0 aromatic rings. The molecule has 1 heterocycles. The molecule has 0 radical (unpaired) electrons. The topological polar surface area (TPSA) is 67.6 Å². The fourth-order valence-corrected chi connectivity index (χ4v) is 1.06. The van der Waals surface area contributed by atoms with Crippen LogP contribution in [0.3, 0.4) is 0 Å². The summed E-state index contributed by atoms with van der Waals surface area (Å²) >= 11 is 0. The zero-order valence-electron chi connectivity index (χ0n) is 7.08. The molecule has 5 heteroatoms. The molecule has 5 nitrogen and oxygen atoms in total. The van der Waals surface area contributed by atoms with Crippen LogP contribution in [0, 0.1) is 0 Å². The van der Waals surface area contributed by atoms with Crippen LogP contribution in [0.2, 0.25) is 0 Å². The molecule has 0 aromatic heterocycles. The van der Waals surface area contributed by atoms with Gasteiger partial charge in [0.1, 0.15) is 0 Å². The number of ether oxygens (including phenoxy) is 1. The predicted octanol–water partition coefficient (Wildman–Crippen LogP) is -1.01. The average Bonchev–Trinajstić information content (AvgIpc) is 2.15. The number of amides is 2. The molecule has 1 rings (SSSR count). The van der Waals surface area contributed by atoms with Gasteiger partial charge in [-0.1, -0.05) is 0 Å². The molecule has 1 aliphatic rings. The SMILES string of the molecule is NCCNC(=O)N1CCOCC1. The Kier molecular flexibility index (Phi) is 3.83. The molecule has 12 heavy (non-hydrogen) atoms. The first-order chi connectivity index (χ1) is 5.84. The number of carbonyl (C=O) groups is 1. The monoisotopic (exact) mass is 173 g/mol. The average molecular weight is 173 g/mol. The van der Waals surface area contributed by atoms with Crippen molar-refractivity contribution in [2.24, 2.45) is 5.73 Å². The van der Waals surface area contributed by atoms with E-state index in [1.54, 1.807) is 4.90 Å². The largest absolute Gasteiger partial charge is 0.378 e. The van der Waals surface area contributed by atoms with Crippen LogP contribution in [-0.4, -0.2) is 50.3 Å². The van der Waals surface area contributed by atoms with Crippen molar-refractivity contribution in [3.63, 3.8) is 0 Å². The summed E-state index contributed by atoms with van der Waals surface area (Å²) in [7, 11) is 0. The van der Waals surface area contributed by atoms with E-state index in [2.05, 4.69) is 5.32 Å². The number of hydrogen-bond acceptors (Lipinski definition) is 3. The standard InChI is InChI=1S/C7H15N3O2/c8-1-2-9-7(11)10-3-5-12-6-4-10/h1-6,8H2,(H,9,11). The molecule has 1 fully saturated rings. The molecular weight excluding hydrogens is 158 g/mol. The second kappa shape index (κ2) is 4.95. The molecule has 0 aromatic carbocycles. The lowest BCUT2D eigenvalue weighted by Gasteiger charge is -2.26. The van der Waals surface area contributed by atoms with Crippen molar-refractivity contribution in [2.75, 3.05) is 39.4 Å². The summed E-state index contributed by atoms with van der Waals surface area (Å²) in [5.41, 5.74) is 5.25. The zero-order valence-corrected chi connectivity index (χ0v) is 7.08. The first-order valence-electron chi connectivity index (χ1n) is 4.15. The molecule has 0 spiro atoms. The maximum atomic E-state index is 11.3. The fourth-order valence-electron chi connectivity index (χ4n) is 1.06. The van der Waals surface area contributed by atoms with Gasteiger partial charge in [0.05, 0.1) is 13.2 Å². The van der Waals surface area contributed by atoms with Gasteiger partial charge in [-0.25, -0.2) is 4.79 Å². The lowest BCUT2D eigenvalue weighted by Crippen LogP contribution is -2.47. The Bertz CT molecular complexity index is 146. The molecule has 0 aliphatic carbocycles. The minimum Gasteiger partial charge on any atom is -0.378 e. The summed E-state index contributed by atoms with van der Waals surface area (Å²) in [6, 6.07) is -0.0382. The number of morpholine rings is 1. The number of rotatable bonds is 2. The summed E-state index contributed by atoms with van der Waals surface area (Å²) in [4.78, 5) is 13.0. The van der Waals surface area contributed by atoms with Crippen LogP contribution >= 0.6 is 0 Å². The van der Waals surface area contributed by atoms with Crippen molar-refractivity contribution in [3.05, 3.63) is 0 Å². The van der Waals surface area contributed by atoms with Crippen molar-refractivity contribution in [1.29, 1.82) is 0 Å². The van der Waals surface area contributed by atoms with Crippen LogP contribution in [0.5, 0.6) is 0 Å². The van der Waals surface area contributed by atoms with Gasteiger partial charge in [0.25, 0.3) is 0 Å². The van der Waals surface area contributed by atoms with Crippen LogP contribution in [-0.2, 0) is 4.74 Å². The van der Waals surface area contributed by atoms with Crippen LogP contribution in [0.4, 0.5) is 4.79 Å². The van der Waals surface area contributed by atoms with Crippen LogP contribution in [0.15, 0.2) is 0 Å². The Morgan fingerprint density at radius 1 is 1.50 bits per heavy atom. The summed E-state index contributed by atoms with van der Waals surface area (Å²) in [6.45, 7) is 3.64. The number of nitrogens with two attached hydrogens (primary N) is 1. The number of nitrogens with one attached hydrogen (secondary N) is 1. The van der Waals surface area contributed by atoms with Gasteiger partial charge in [0.2, 0.25) is 0 Å². The normalized spacial score (nSPS) is 17.6. The Balaban J connectivity index is 2.20. The fraction of sp³-hybridized carbons (Fsp3) is 0.857. The highest BCUT2D eigenvalue weighted by Crippen LogP contribution is 1.95. The van der Waals surface area contributed by atoms with Gasteiger partial charge in [-0.2, -0.15) is 0 Å². The predicted molar refractivity (Wildman–Crippen MR) is 44.8 cm³/mol. The van der Waals surface area contributed by atoms with Crippen molar-refractivity contribution < 1.29 is 9.53 Å². The first kappa shape index (κ1) is 9.28. The number of hydrogen-bond donors (Lipinski definition) is 2. The van der Waals surface area contributed by atoms with Gasteiger partial charge in [-0.3, -0.25) is 0 Å². The van der Waals surface area contributed by atoms with Crippen LogP contribution in [0.1, 0.15) is 0 Å². The highest BCUT2D eigenvalue weighted by molar-refractivity contribution is 5.74. The highest BCUT2D eigenvalue weighted by Gasteiger charge is 2.15. The molecule has 0 atom stereocenters. The molecule has 1 saturated heterocycles. The first-order valence-corrected chi connectivity index (χ1v) is 4.15. The Labute approximate surface area is 71.8 Å². The Morgan fingerprint density at radius 2 is 2.17 bits per heavy atom. The molecule has 0 bridgehead atoms. The lowest BCUT2D eigenvalue weighted by atomic mass is 10.4. The summed E-state index contributed by atoms with van der Waals surface area (Å²) in [5, 5.41) is 2.71. The van der Waals surface area contributed by atoms with E-state index >= 15 is 0 Å². The van der Waals surface area contributed by atoms with Crippen molar-refractivity contribution in [3.8, 4) is 0 Å². The molecule has 1 aliphatic heterocycles. The van der Waals surface area contributed by atoms with E-state index < -0.39 is 0 Å². The van der Waals surface area contributed by atoms with Crippen molar-refractivity contribution in [1.82, 2.24) is 10.2 Å². The van der Waals surface area contributed by atoms with Gasteiger partial charge in [-0.05, 0) is 0 Å². The summed E-state index contributed by atoms with van der Waals surface area (Å²) in [5.74, 6) is 0. The minimum atomic E-state index is -0.0382. The zero-order chi connectivity index (χ0) is 8.81. The smallest absolute Gasteiger partial charge is 0.317 e. The second-order valence-electron chi connectivity index (χ2n) is 2.62. The third-order valence-corrected chi connectivity index (χ3v) is 1.72. The van der Waals surface area contributed by atoms with Gasteiger partial charge in [-0.15, -0.1) is 0 Å². The van der Waals surface area contributed by atoms with Gasteiger partial charge in [0, 0.05) is 26.2 Å². The van der Waals surface area contributed by atoms with Gasteiger partial charge >= 0.3 is 6.03 Å². The number of urea groups is 1. The van der Waals surface area contributed by atoms with E-state index in [4.69, 9.17) is 10.5 Å². The third-order valence-electron chi connectivity index (χ3n) is 1.72.